The number of carbonyl (C=O) groups excluding carboxylic acids is 1. The van der Waals surface area contributed by atoms with Crippen molar-refractivity contribution in [3.8, 4) is 17.1 Å². The maximum absolute atomic E-state index is 12.5. The summed E-state index contributed by atoms with van der Waals surface area (Å²) >= 11 is 5.21. The fraction of sp³-hybridized carbons (Fsp3) is 0.211. The van der Waals surface area contributed by atoms with Crippen molar-refractivity contribution >= 4 is 23.8 Å². The normalized spacial score (nSPS) is 11.3. The van der Waals surface area contributed by atoms with E-state index < -0.39 is 18.7 Å². The van der Waals surface area contributed by atoms with Gasteiger partial charge in [0.1, 0.15) is 12.3 Å². The van der Waals surface area contributed by atoms with Crippen molar-refractivity contribution in [1.82, 2.24) is 14.8 Å². The number of aromatic amines is 1. The molecule has 152 valence electrons. The first-order chi connectivity index (χ1) is 13.7. The Morgan fingerprint density at radius 3 is 2.59 bits per heavy atom. The second-order valence-corrected chi connectivity index (χ2v) is 6.64. The van der Waals surface area contributed by atoms with E-state index in [1.807, 2.05) is 31.2 Å². The number of ether oxygens (including phenoxy) is 1. The molecule has 0 fully saturated rings. The lowest BCUT2D eigenvalue weighted by atomic mass is 10.1. The number of hydrogen-bond acceptors (Lipinski definition) is 4. The topological polar surface area (TPSA) is 71.9 Å². The molecule has 0 saturated carbocycles. The van der Waals surface area contributed by atoms with Gasteiger partial charge in [0.15, 0.2) is 17.2 Å². The van der Waals surface area contributed by atoms with Crippen LogP contribution in [0.15, 0.2) is 48.5 Å². The first-order valence-electron chi connectivity index (χ1n) is 8.53. The molecular formula is C19H17F3N4O2S. The molecule has 0 bridgehead atoms. The van der Waals surface area contributed by atoms with Crippen LogP contribution in [0, 0.1) is 11.7 Å². The highest BCUT2D eigenvalue weighted by Crippen LogP contribution is 2.26. The van der Waals surface area contributed by atoms with E-state index in [9.17, 15) is 18.0 Å². The van der Waals surface area contributed by atoms with Crippen molar-refractivity contribution in [2.24, 2.45) is 0 Å². The summed E-state index contributed by atoms with van der Waals surface area (Å²) in [5.41, 5.74) is 1.97. The molecule has 0 aliphatic heterocycles. The molecule has 1 amide bonds. The summed E-state index contributed by atoms with van der Waals surface area (Å²) in [6.45, 7) is 0.322. The number of halogens is 3. The molecule has 0 atom stereocenters. The maximum atomic E-state index is 12.5. The van der Waals surface area contributed by atoms with Gasteiger partial charge in [0.25, 0.3) is 0 Å². The van der Waals surface area contributed by atoms with Gasteiger partial charge in [-0.2, -0.15) is 18.3 Å². The molecule has 0 radical (unpaired) electrons. The summed E-state index contributed by atoms with van der Waals surface area (Å²) in [4.78, 5) is 12.5. The second-order valence-electron chi connectivity index (χ2n) is 6.25. The summed E-state index contributed by atoms with van der Waals surface area (Å²) < 4.78 is 43.8. The summed E-state index contributed by atoms with van der Waals surface area (Å²) in [7, 11) is 0. The molecule has 29 heavy (non-hydrogen) atoms. The SMILES string of the molecule is Cc1ccc(-c2n[nH]c(=S)n2CC(=O)Nc2ccccc2OCC(F)(F)F)cc1. The Kier molecular flexibility index (Phi) is 6.02. The van der Waals surface area contributed by atoms with Crippen LogP contribution >= 0.6 is 12.2 Å². The van der Waals surface area contributed by atoms with Crippen molar-refractivity contribution in [3.05, 3.63) is 58.9 Å². The number of alkyl halides is 3. The van der Waals surface area contributed by atoms with Crippen LogP contribution in [0.5, 0.6) is 5.75 Å². The number of anilines is 1. The van der Waals surface area contributed by atoms with E-state index in [-0.39, 0.29) is 22.8 Å². The Balaban J connectivity index is 1.77. The predicted molar refractivity (Wildman–Crippen MR) is 104 cm³/mol. The zero-order valence-corrected chi connectivity index (χ0v) is 16.1. The molecular weight excluding hydrogens is 405 g/mol. The third-order valence-electron chi connectivity index (χ3n) is 3.92. The van der Waals surface area contributed by atoms with Crippen LogP contribution in [0.4, 0.5) is 18.9 Å². The molecule has 0 aliphatic rings. The number of para-hydroxylation sites is 2. The average molecular weight is 422 g/mol. The summed E-state index contributed by atoms with van der Waals surface area (Å²) in [6.07, 6.45) is -4.48. The summed E-state index contributed by atoms with van der Waals surface area (Å²) in [5.74, 6) is -0.0848. The highest BCUT2D eigenvalue weighted by atomic mass is 32.1. The zero-order chi connectivity index (χ0) is 21.0. The van der Waals surface area contributed by atoms with Gasteiger partial charge in [-0.05, 0) is 31.3 Å². The smallest absolute Gasteiger partial charge is 0.422 e. The zero-order valence-electron chi connectivity index (χ0n) is 15.3. The van der Waals surface area contributed by atoms with E-state index in [0.29, 0.717) is 5.82 Å². The van der Waals surface area contributed by atoms with E-state index in [2.05, 4.69) is 15.5 Å². The van der Waals surface area contributed by atoms with Crippen LogP contribution in [0.2, 0.25) is 0 Å². The average Bonchev–Trinajstić information content (AvgIpc) is 3.01. The standard InChI is InChI=1S/C19H17F3N4O2S/c1-12-6-8-13(9-7-12)17-24-25-18(29)26(17)10-16(27)23-14-4-2-3-5-15(14)28-11-19(20,21)22/h2-9H,10-11H2,1H3,(H,23,27)(H,25,29). The highest BCUT2D eigenvalue weighted by molar-refractivity contribution is 7.71. The van der Waals surface area contributed by atoms with Crippen LogP contribution in [0.25, 0.3) is 11.4 Å². The molecule has 10 heteroatoms. The van der Waals surface area contributed by atoms with E-state index in [1.165, 1.54) is 22.8 Å². The van der Waals surface area contributed by atoms with E-state index in [4.69, 9.17) is 17.0 Å². The molecule has 0 unspecified atom stereocenters. The number of hydrogen-bond donors (Lipinski definition) is 2. The lowest BCUT2D eigenvalue weighted by Crippen LogP contribution is -2.22. The number of benzene rings is 2. The van der Waals surface area contributed by atoms with Crippen LogP contribution < -0.4 is 10.1 Å². The number of nitrogens with zero attached hydrogens (tertiary/aromatic N) is 2. The van der Waals surface area contributed by atoms with Gasteiger partial charge >= 0.3 is 6.18 Å². The largest absolute Gasteiger partial charge is 0.482 e. The first kappa shape index (κ1) is 20.6. The Labute approximate surface area is 169 Å². The van der Waals surface area contributed by atoms with Crippen LogP contribution in [-0.4, -0.2) is 33.5 Å². The maximum Gasteiger partial charge on any atom is 0.422 e. The van der Waals surface area contributed by atoms with Crippen LogP contribution in [0.1, 0.15) is 5.56 Å². The molecule has 1 aromatic heterocycles. The number of rotatable bonds is 6. The van der Waals surface area contributed by atoms with Crippen LogP contribution in [0.3, 0.4) is 0 Å². The minimum Gasteiger partial charge on any atom is -0.482 e. The third-order valence-corrected chi connectivity index (χ3v) is 4.23. The van der Waals surface area contributed by atoms with E-state index in [0.717, 1.165) is 11.1 Å². The van der Waals surface area contributed by atoms with Gasteiger partial charge in [0.05, 0.1) is 5.69 Å². The minimum absolute atomic E-state index is 0.0762. The summed E-state index contributed by atoms with van der Waals surface area (Å²) in [6, 6.07) is 13.4. The minimum atomic E-state index is -4.48. The molecule has 0 aliphatic carbocycles. The Bertz CT molecular complexity index is 1060. The fourth-order valence-electron chi connectivity index (χ4n) is 2.58. The molecule has 2 aromatic carbocycles. The van der Waals surface area contributed by atoms with Crippen molar-refractivity contribution < 1.29 is 22.7 Å². The molecule has 0 saturated heterocycles. The lowest BCUT2D eigenvalue weighted by Gasteiger charge is -2.14. The number of amides is 1. The Morgan fingerprint density at radius 2 is 1.90 bits per heavy atom. The van der Waals surface area contributed by atoms with Crippen molar-refractivity contribution in [3.63, 3.8) is 0 Å². The fourth-order valence-corrected chi connectivity index (χ4v) is 2.77. The van der Waals surface area contributed by atoms with E-state index >= 15 is 0 Å². The number of nitrogens with one attached hydrogen (secondary N) is 2. The first-order valence-corrected chi connectivity index (χ1v) is 8.94. The van der Waals surface area contributed by atoms with Gasteiger partial charge in [-0.1, -0.05) is 42.0 Å². The quantitative estimate of drug-likeness (QED) is 0.574. The lowest BCUT2D eigenvalue weighted by molar-refractivity contribution is -0.153. The van der Waals surface area contributed by atoms with Gasteiger partial charge in [-0.15, -0.1) is 0 Å². The van der Waals surface area contributed by atoms with E-state index in [1.54, 1.807) is 6.07 Å². The highest BCUT2D eigenvalue weighted by Gasteiger charge is 2.29. The van der Waals surface area contributed by atoms with Gasteiger partial charge < -0.3 is 10.1 Å². The van der Waals surface area contributed by atoms with Gasteiger partial charge in [0, 0.05) is 5.56 Å². The summed E-state index contributed by atoms with van der Waals surface area (Å²) in [5, 5.41) is 9.38. The Hall–Kier alpha value is -3.14. The number of aromatic nitrogens is 3. The molecule has 0 spiro atoms. The third kappa shape index (κ3) is 5.44. The van der Waals surface area contributed by atoms with Crippen LogP contribution in [-0.2, 0) is 11.3 Å². The van der Waals surface area contributed by atoms with Gasteiger partial charge in [-0.3, -0.25) is 14.5 Å². The van der Waals surface area contributed by atoms with Crippen molar-refractivity contribution in [1.29, 1.82) is 0 Å². The number of aryl methyl sites for hydroxylation is 1. The predicted octanol–water partition coefficient (Wildman–Crippen LogP) is 4.50. The van der Waals surface area contributed by atoms with Gasteiger partial charge in [-0.25, -0.2) is 0 Å². The van der Waals surface area contributed by atoms with Crippen molar-refractivity contribution in [2.45, 2.75) is 19.6 Å². The molecule has 2 N–H and O–H groups in total. The molecule has 3 rings (SSSR count). The Morgan fingerprint density at radius 1 is 1.21 bits per heavy atom. The van der Waals surface area contributed by atoms with Gasteiger partial charge in [0.2, 0.25) is 5.91 Å². The number of carbonyl (C=O) groups is 1. The molecule has 1 heterocycles. The molecule has 3 aromatic rings. The van der Waals surface area contributed by atoms with Crippen molar-refractivity contribution in [2.75, 3.05) is 11.9 Å². The molecule has 6 nitrogen and oxygen atoms in total. The monoisotopic (exact) mass is 422 g/mol. The number of H-pyrrole nitrogens is 1. The second kappa shape index (κ2) is 8.48.